The van der Waals surface area contributed by atoms with E-state index in [0.29, 0.717) is 13.1 Å². The van der Waals surface area contributed by atoms with Crippen LogP contribution in [0.2, 0.25) is 0 Å². The Hall–Kier alpha value is -1.89. The van der Waals surface area contributed by atoms with Crippen LogP contribution in [0.1, 0.15) is 19.5 Å². The van der Waals surface area contributed by atoms with Gasteiger partial charge in [-0.15, -0.1) is 0 Å². The number of carbonyl (C=O) groups is 2. The molecule has 0 radical (unpaired) electrons. The Morgan fingerprint density at radius 2 is 2.22 bits per heavy atom. The van der Waals surface area contributed by atoms with Gasteiger partial charge in [0, 0.05) is 26.3 Å². The predicted octanol–water partition coefficient (Wildman–Crippen LogP) is -0.256. The zero-order chi connectivity index (χ0) is 13.5. The minimum atomic E-state index is -0.478. The quantitative estimate of drug-likeness (QED) is 0.675. The summed E-state index contributed by atoms with van der Waals surface area (Å²) in [5.41, 5.74) is 0.843. The largest absolute Gasteiger partial charge is 0.338 e. The third-order valence-corrected chi connectivity index (χ3v) is 2.33. The minimum Gasteiger partial charge on any atom is -0.338 e. The molecule has 0 aromatic carbocycles. The van der Waals surface area contributed by atoms with E-state index in [1.807, 2.05) is 19.3 Å². The van der Waals surface area contributed by atoms with Crippen LogP contribution < -0.4 is 16.0 Å². The zero-order valence-electron chi connectivity index (χ0n) is 10.9. The molecule has 1 atom stereocenters. The normalized spacial score (nSPS) is 11.9. The fraction of sp³-hybridized carbons (Fsp3) is 0.545. The van der Waals surface area contributed by atoms with Gasteiger partial charge in [0.1, 0.15) is 0 Å². The number of amides is 3. The second-order valence-corrected chi connectivity index (χ2v) is 3.93. The van der Waals surface area contributed by atoms with Crippen molar-refractivity contribution in [3.63, 3.8) is 0 Å². The lowest BCUT2D eigenvalue weighted by atomic mass is 10.3. The van der Waals surface area contributed by atoms with E-state index in [-0.39, 0.29) is 5.91 Å². The lowest BCUT2D eigenvalue weighted by Crippen LogP contribution is -2.47. The zero-order valence-corrected chi connectivity index (χ0v) is 10.9. The molecule has 0 saturated carbocycles. The summed E-state index contributed by atoms with van der Waals surface area (Å²) in [6.07, 6.45) is 1.83. The van der Waals surface area contributed by atoms with Crippen LogP contribution in [0.3, 0.4) is 0 Å². The number of nitrogens with one attached hydrogen (secondary N) is 3. The van der Waals surface area contributed by atoms with E-state index in [9.17, 15) is 9.59 Å². The number of carbonyl (C=O) groups excluding carboxylic acids is 2. The SMILES string of the molecule is CCNC(=O)NC(=O)C(C)NCc1ccn(C)n1. The second kappa shape index (κ2) is 6.75. The second-order valence-electron chi connectivity index (χ2n) is 3.93. The Bertz CT molecular complexity index is 415. The molecule has 1 heterocycles. The first-order chi connectivity index (χ1) is 8.52. The summed E-state index contributed by atoms with van der Waals surface area (Å²) in [5.74, 6) is -0.364. The molecule has 0 bridgehead atoms. The molecule has 0 spiro atoms. The number of hydrogen-bond acceptors (Lipinski definition) is 4. The number of nitrogens with zero attached hydrogens (tertiary/aromatic N) is 2. The van der Waals surface area contributed by atoms with Gasteiger partial charge in [0.15, 0.2) is 0 Å². The van der Waals surface area contributed by atoms with Gasteiger partial charge in [-0.1, -0.05) is 0 Å². The molecule has 18 heavy (non-hydrogen) atoms. The summed E-state index contributed by atoms with van der Waals surface area (Å²) in [7, 11) is 1.83. The van der Waals surface area contributed by atoms with Crippen molar-refractivity contribution in [1.82, 2.24) is 25.7 Å². The molecule has 7 nitrogen and oxygen atoms in total. The van der Waals surface area contributed by atoms with Gasteiger partial charge in [-0.2, -0.15) is 5.10 Å². The first kappa shape index (κ1) is 14.2. The highest BCUT2D eigenvalue weighted by molar-refractivity contribution is 5.96. The van der Waals surface area contributed by atoms with Gasteiger partial charge in [0.05, 0.1) is 11.7 Å². The van der Waals surface area contributed by atoms with Crippen LogP contribution in [0.4, 0.5) is 4.79 Å². The van der Waals surface area contributed by atoms with Crippen LogP contribution in [0.15, 0.2) is 12.3 Å². The number of hydrogen-bond donors (Lipinski definition) is 3. The molecule has 1 unspecified atom stereocenters. The highest BCUT2D eigenvalue weighted by atomic mass is 16.2. The fourth-order valence-electron chi connectivity index (χ4n) is 1.33. The van der Waals surface area contributed by atoms with Crippen LogP contribution >= 0.6 is 0 Å². The van der Waals surface area contributed by atoms with Gasteiger partial charge in [-0.3, -0.25) is 14.8 Å². The Morgan fingerprint density at radius 3 is 2.78 bits per heavy atom. The molecule has 0 saturated heterocycles. The lowest BCUT2D eigenvalue weighted by molar-refractivity contribution is -0.121. The Labute approximate surface area is 106 Å². The Morgan fingerprint density at radius 1 is 1.50 bits per heavy atom. The average Bonchev–Trinajstić information content (AvgIpc) is 2.72. The minimum absolute atomic E-state index is 0.364. The third-order valence-electron chi connectivity index (χ3n) is 2.33. The van der Waals surface area contributed by atoms with Gasteiger partial charge in [-0.25, -0.2) is 4.79 Å². The van der Waals surface area contributed by atoms with E-state index in [1.54, 1.807) is 18.5 Å². The molecule has 100 valence electrons. The Balaban J connectivity index is 2.33. The Kier molecular flexibility index (Phi) is 5.31. The fourth-order valence-corrected chi connectivity index (χ4v) is 1.33. The first-order valence-electron chi connectivity index (χ1n) is 5.83. The summed E-state index contributed by atoms with van der Waals surface area (Å²) >= 11 is 0. The van der Waals surface area contributed by atoms with Crippen molar-refractivity contribution in [2.45, 2.75) is 26.4 Å². The molecule has 1 rings (SSSR count). The van der Waals surface area contributed by atoms with Crippen LogP contribution in [0.25, 0.3) is 0 Å². The highest BCUT2D eigenvalue weighted by Gasteiger charge is 2.14. The van der Waals surface area contributed by atoms with Crippen LogP contribution in [0.5, 0.6) is 0 Å². The van der Waals surface area contributed by atoms with Crippen LogP contribution in [-0.2, 0) is 18.4 Å². The lowest BCUT2D eigenvalue weighted by Gasteiger charge is -2.12. The van der Waals surface area contributed by atoms with E-state index < -0.39 is 12.1 Å². The molecule has 1 aromatic rings. The molecule has 0 fully saturated rings. The van der Waals surface area contributed by atoms with Crippen molar-refractivity contribution in [2.75, 3.05) is 6.54 Å². The monoisotopic (exact) mass is 253 g/mol. The molecule has 0 aliphatic carbocycles. The van der Waals surface area contributed by atoms with E-state index in [4.69, 9.17) is 0 Å². The van der Waals surface area contributed by atoms with Gasteiger partial charge < -0.3 is 10.6 Å². The van der Waals surface area contributed by atoms with Gasteiger partial charge >= 0.3 is 6.03 Å². The topological polar surface area (TPSA) is 88.0 Å². The molecular weight excluding hydrogens is 234 g/mol. The van der Waals surface area contributed by atoms with Crippen LogP contribution in [-0.4, -0.2) is 34.3 Å². The van der Waals surface area contributed by atoms with Crippen molar-refractivity contribution >= 4 is 11.9 Å². The van der Waals surface area contributed by atoms with E-state index >= 15 is 0 Å². The third kappa shape index (κ3) is 4.54. The molecule has 3 N–H and O–H groups in total. The molecule has 0 aliphatic heterocycles. The van der Waals surface area contributed by atoms with E-state index in [1.165, 1.54) is 0 Å². The van der Waals surface area contributed by atoms with E-state index in [0.717, 1.165) is 5.69 Å². The van der Waals surface area contributed by atoms with Crippen molar-refractivity contribution in [1.29, 1.82) is 0 Å². The maximum absolute atomic E-state index is 11.6. The molecule has 1 aromatic heterocycles. The average molecular weight is 253 g/mol. The van der Waals surface area contributed by atoms with Crippen molar-refractivity contribution in [2.24, 2.45) is 7.05 Å². The van der Waals surface area contributed by atoms with E-state index in [2.05, 4.69) is 21.0 Å². The summed E-state index contributed by atoms with van der Waals surface area (Å²) < 4.78 is 1.69. The summed E-state index contributed by atoms with van der Waals surface area (Å²) in [4.78, 5) is 22.7. The molecule has 7 heteroatoms. The number of urea groups is 1. The van der Waals surface area contributed by atoms with Crippen molar-refractivity contribution in [3.8, 4) is 0 Å². The van der Waals surface area contributed by atoms with Gasteiger partial charge in [0.2, 0.25) is 5.91 Å². The first-order valence-corrected chi connectivity index (χ1v) is 5.83. The summed E-state index contributed by atoms with van der Waals surface area (Å²) in [5, 5.41) is 11.9. The summed E-state index contributed by atoms with van der Waals surface area (Å²) in [6, 6.07) is 0.921. The van der Waals surface area contributed by atoms with Crippen molar-refractivity contribution < 1.29 is 9.59 Å². The standard InChI is InChI=1S/C11H19N5O2/c1-4-12-11(18)14-10(17)8(2)13-7-9-5-6-16(3)15-9/h5-6,8,13H,4,7H2,1-3H3,(H2,12,14,17,18). The van der Waals surface area contributed by atoms with Crippen LogP contribution in [0, 0.1) is 0 Å². The van der Waals surface area contributed by atoms with Gasteiger partial charge in [-0.05, 0) is 19.9 Å². The molecular formula is C11H19N5O2. The number of rotatable bonds is 5. The number of aromatic nitrogens is 2. The maximum Gasteiger partial charge on any atom is 0.321 e. The van der Waals surface area contributed by atoms with Crippen molar-refractivity contribution in [3.05, 3.63) is 18.0 Å². The highest BCUT2D eigenvalue weighted by Crippen LogP contribution is 1.94. The number of imide groups is 1. The number of aryl methyl sites for hydroxylation is 1. The maximum atomic E-state index is 11.6. The molecule has 3 amide bonds. The molecule has 0 aliphatic rings. The summed E-state index contributed by atoms with van der Waals surface area (Å²) in [6.45, 7) is 4.43. The predicted molar refractivity (Wildman–Crippen MR) is 66.7 cm³/mol. The van der Waals surface area contributed by atoms with Gasteiger partial charge in [0.25, 0.3) is 0 Å². The smallest absolute Gasteiger partial charge is 0.321 e.